The summed E-state index contributed by atoms with van der Waals surface area (Å²) >= 11 is 0. The number of carbonyl (C=O) groups is 3. The van der Waals surface area contributed by atoms with Gasteiger partial charge in [-0.25, -0.2) is 4.79 Å². The number of carbonyl (C=O) groups excluding carboxylic acids is 3. The number of ether oxygens (including phenoxy) is 2. The van der Waals surface area contributed by atoms with E-state index >= 15 is 0 Å². The smallest absolute Gasteiger partial charge is 0.550 e. The summed E-state index contributed by atoms with van der Waals surface area (Å²) in [4.78, 5) is 33.3. The Morgan fingerprint density at radius 3 is 1.77 bits per heavy atom. The summed E-state index contributed by atoms with van der Waals surface area (Å²) in [6.07, 6.45) is -4.29. The molecule has 0 aliphatic carbocycles. The van der Waals surface area contributed by atoms with Crippen LogP contribution in [-0.2, 0) is 14.3 Å². The maximum absolute atomic E-state index is 11.9. The molecule has 0 aromatic heterocycles. The van der Waals surface area contributed by atoms with Gasteiger partial charge in [-0.2, -0.15) is 0 Å². The van der Waals surface area contributed by atoms with E-state index in [0.29, 0.717) is 0 Å². The van der Waals surface area contributed by atoms with Crippen LogP contribution >= 0.6 is 0 Å². The number of hydrogen-bond acceptors (Lipinski definition) is 7. The third-order valence-corrected chi connectivity index (χ3v) is 3.36. The number of rotatable bonds is 7. The van der Waals surface area contributed by atoms with Gasteiger partial charge in [0.05, 0.1) is 5.97 Å². The number of para-hydroxylation sites is 1. The van der Waals surface area contributed by atoms with Crippen LogP contribution in [-0.4, -0.2) is 24.2 Å². The Balaban J connectivity index is 0. The summed E-state index contributed by atoms with van der Waals surface area (Å²) in [5.41, 5.74) is 1.51. The van der Waals surface area contributed by atoms with E-state index in [1.165, 1.54) is 0 Å². The molecular weight excluding hydrogens is 362 g/mol. The van der Waals surface area contributed by atoms with Gasteiger partial charge < -0.3 is 29.3 Å². The van der Waals surface area contributed by atoms with Gasteiger partial charge in [0.1, 0.15) is 11.9 Å². The van der Waals surface area contributed by atoms with Crippen LogP contribution in [0.4, 0.5) is 4.79 Å². The predicted octanol–water partition coefficient (Wildman–Crippen LogP) is -5.28. The van der Waals surface area contributed by atoms with Crippen molar-refractivity contribution in [2.75, 3.05) is 0 Å². The van der Waals surface area contributed by atoms with Crippen molar-refractivity contribution < 1.29 is 93.2 Å². The largest absolute Gasteiger partial charge is 1.00 e. The Labute approximate surface area is 197 Å². The molecule has 26 heavy (non-hydrogen) atoms. The van der Waals surface area contributed by atoms with Crippen molar-refractivity contribution in [3.8, 4) is 5.75 Å². The second-order valence-electron chi connectivity index (χ2n) is 5.93. The first-order chi connectivity index (χ1) is 11.1. The van der Waals surface area contributed by atoms with Gasteiger partial charge in [0, 0.05) is 12.4 Å². The quantitative estimate of drug-likeness (QED) is 0.263. The number of carboxylic acids is 2. The molecule has 1 aromatic carbocycles. The van der Waals surface area contributed by atoms with Gasteiger partial charge in [0.15, 0.2) is 0 Å². The fourth-order valence-electron chi connectivity index (χ4n) is 2.15. The van der Waals surface area contributed by atoms with Crippen LogP contribution in [0.25, 0.3) is 0 Å². The van der Waals surface area contributed by atoms with Crippen molar-refractivity contribution in [3.05, 3.63) is 29.3 Å². The molecule has 0 saturated heterocycles. The van der Waals surface area contributed by atoms with Crippen molar-refractivity contribution in [1.82, 2.24) is 0 Å². The minimum Gasteiger partial charge on any atom is -0.550 e. The number of benzene rings is 1. The van der Waals surface area contributed by atoms with Crippen LogP contribution in [0.1, 0.15) is 57.1 Å². The molecule has 7 nitrogen and oxygen atoms in total. The molecular formula is C17H20Na2O7. The molecule has 0 fully saturated rings. The summed E-state index contributed by atoms with van der Waals surface area (Å²) < 4.78 is 9.75. The molecule has 1 rings (SSSR count). The van der Waals surface area contributed by atoms with Crippen molar-refractivity contribution in [2.24, 2.45) is 0 Å². The topological polar surface area (TPSA) is 116 Å². The monoisotopic (exact) mass is 382 g/mol. The zero-order valence-corrected chi connectivity index (χ0v) is 20.0. The van der Waals surface area contributed by atoms with E-state index in [9.17, 15) is 24.6 Å². The second-order valence-corrected chi connectivity index (χ2v) is 5.93. The van der Waals surface area contributed by atoms with Crippen molar-refractivity contribution in [3.63, 3.8) is 0 Å². The molecule has 1 aromatic rings. The summed E-state index contributed by atoms with van der Waals surface area (Å²) in [5, 5.41) is 21.3. The molecule has 1 atom stereocenters. The molecule has 0 aliphatic rings. The Hall–Kier alpha value is -0.570. The maximum Gasteiger partial charge on any atom is 1.00 e. The molecule has 0 spiro atoms. The van der Waals surface area contributed by atoms with E-state index in [2.05, 4.69) is 4.74 Å². The molecule has 0 radical (unpaired) electrons. The molecule has 0 saturated carbocycles. The summed E-state index contributed by atoms with van der Waals surface area (Å²) in [6.45, 7) is 7.66. The summed E-state index contributed by atoms with van der Waals surface area (Å²) in [5.74, 6) is -3.13. The SMILES string of the molecule is CC(C)c1cccc(C(C)C)c1OC(=O)OC(CC(=O)[O-])C(=O)[O-].[Na+].[Na+]. The molecule has 0 amide bonds. The molecule has 0 bridgehead atoms. The molecule has 1 unspecified atom stereocenters. The van der Waals surface area contributed by atoms with Crippen molar-refractivity contribution in [1.29, 1.82) is 0 Å². The third kappa shape index (κ3) is 8.41. The first-order valence-corrected chi connectivity index (χ1v) is 7.55. The molecule has 132 valence electrons. The van der Waals surface area contributed by atoms with Gasteiger partial charge >= 0.3 is 65.3 Å². The fraction of sp³-hybridized carbons (Fsp3) is 0.471. The van der Waals surface area contributed by atoms with E-state index in [1.807, 2.05) is 33.8 Å². The van der Waals surface area contributed by atoms with Gasteiger partial charge in [0.2, 0.25) is 0 Å². The van der Waals surface area contributed by atoms with Gasteiger partial charge in [0.25, 0.3) is 0 Å². The van der Waals surface area contributed by atoms with Crippen LogP contribution in [0.3, 0.4) is 0 Å². The molecule has 0 aliphatic heterocycles. The van der Waals surface area contributed by atoms with Crippen molar-refractivity contribution >= 4 is 18.1 Å². The minimum absolute atomic E-state index is 0. The van der Waals surface area contributed by atoms with E-state index in [0.717, 1.165) is 11.1 Å². The number of carboxylic acid groups (broad SMARTS) is 2. The standard InChI is InChI=1S/C17H22O7.2Na/c1-9(2)11-6-5-7-12(10(3)4)15(11)24-17(22)23-13(16(20)21)8-14(18)19;;/h5-7,9-10,13H,8H2,1-4H3,(H,18,19)(H,20,21);;/q;2*+1/p-2. The van der Waals surface area contributed by atoms with Crippen molar-refractivity contribution in [2.45, 2.75) is 52.1 Å². The third-order valence-electron chi connectivity index (χ3n) is 3.36. The Bertz CT molecular complexity index is 603. The van der Waals surface area contributed by atoms with Crippen LogP contribution < -0.4 is 74.1 Å². The van der Waals surface area contributed by atoms with Crippen LogP contribution in [0, 0.1) is 0 Å². The molecule has 0 heterocycles. The Kier molecular flexibility index (Phi) is 13.6. The van der Waals surface area contributed by atoms with Gasteiger partial charge in [-0.05, 0) is 23.0 Å². The average Bonchev–Trinajstić information content (AvgIpc) is 2.45. The minimum atomic E-state index is -1.98. The van der Waals surface area contributed by atoms with Crippen LogP contribution in [0.5, 0.6) is 5.75 Å². The van der Waals surface area contributed by atoms with Gasteiger partial charge in [-0.1, -0.05) is 45.9 Å². The number of aliphatic carboxylic acids is 2. The van der Waals surface area contributed by atoms with E-state index in [-0.39, 0.29) is 76.7 Å². The van der Waals surface area contributed by atoms with Crippen LogP contribution in [0.15, 0.2) is 18.2 Å². The Morgan fingerprint density at radius 2 is 1.42 bits per heavy atom. The average molecular weight is 382 g/mol. The van der Waals surface area contributed by atoms with Gasteiger partial charge in [-0.15, -0.1) is 0 Å². The molecule has 0 N–H and O–H groups in total. The summed E-state index contributed by atoms with van der Waals surface area (Å²) in [7, 11) is 0. The second kappa shape index (κ2) is 12.8. The van der Waals surface area contributed by atoms with E-state index in [1.54, 1.807) is 12.1 Å². The first kappa shape index (κ1) is 27.6. The summed E-state index contributed by atoms with van der Waals surface area (Å²) in [6, 6.07) is 5.41. The fourth-order valence-corrected chi connectivity index (χ4v) is 2.15. The first-order valence-electron chi connectivity index (χ1n) is 7.55. The normalized spacial score (nSPS) is 11.2. The van der Waals surface area contributed by atoms with Crippen LogP contribution in [0.2, 0.25) is 0 Å². The zero-order chi connectivity index (χ0) is 18.4. The zero-order valence-electron chi connectivity index (χ0n) is 16.0. The van der Waals surface area contributed by atoms with E-state index in [4.69, 9.17) is 4.74 Å². The predicted molar refractivity (Wildman–Crippen MR) is 80.1 cm³/mol. The Morgan fingerprint density at radius 1 is 0.962 bits per heavy atom. The molecule has 9 heteroatoms. The number of hydrogen-bond donors (Lipinski definition) is 0. The maximum atomic E-state index is 11.9. The van der Waals surface area contributed by atoms with Gasteiger partial charge in [-0.3, -0.25) is 0 Å². The van der Waals surface area contributed by atoms with E-state index < -0.39 is 30.6 Å².